The number of benzene rings is 1. The summed E-state index contributed by atoms with van der Waals surface area (Å²) < 4.78 is 42.4. The minimum absolute atomic E-state index is 0.167. The predicted molar refractivity (Wildman–Crippen MR) is 69.6 cm³/mol. The van der Waals surface area contributed by atoms with Gasteiger partial charge in [-0.25, -0.2) is 4.79 Å². The number of ether oxygens (including phenoxy) is 1. The van der Waals surface area contributed by atoms with Crippen molar-refractivity contribution in [2.24, 2.45) is 5.92 Å². The molecule has 0 radical (unpaired) electrons. The van der Waals surface area contributed by atoms with Gasteiger partial charge >= 0.3 is 12.1 Å². The van der Waals surface area contributed by atoms with Crippen molar-refractivity contribution in [3.8, 4) is 0 Å². The summed E-state index contributed by atoms with van der Waals surface area (Å²) in [4.78, 5) is 23.5. The first-order valence-electron chi connectivity index (χ1n) is 6.22. The summed E-state index contributed by atoms with van der Waals surface area (Å²) in [6.07, 6.45) is -4.53. The van der Waals surface area contributed by atoms with Crippen molar-refractivity contribution >= 4 is 11.9 Å². The van der Waals surface area contributed by atoms with Crippen molar-refractivity contribution in [1.82, 2.24) is 5.32 Å². The second-order valence-corrected chi connectivity index (χ2v) is 4.80. The summed E-state index contributed by atoms with van der Waals surface area (Å²) >= 11 is 0. The number of amides is 1. The van der Waals surface area contributed by atoms with Gasteiger partial charge in [0.1, 0.15) is 6.04 Å². The maximum atomic E-state index is 12.6. The third kappa shape index (κ3) is 4.47. The van der Waals surface area contributed by atoms with E-state index in [4.69, 9.17) is 0 Å². The Labute approximate surface area is 120 Å². The molecule has 0 aromatic heterocycles. The fraction of sp³-hybridized carbons (Fsp3) is 0.429. The van der Waals surface area contributed by atoms with Crippen LogP contribution in [0.25, 0.3) is 0 Å². The maximum Gasteiger partial charge on any atom is 0.416 e. The lowest BCUT2D eigenvalue weighted by molar-refractivity contribution is -0.144. The quantitative estimate of drug-likeness (QED) is 0.870. The maximum absolute atomic E-state index is 12.6. The molecule has 1 atom stereocenters. The van der Waals surface area contributed by atoms with Crippen molar-refractivity contribution in [2.75, 3.05) is 7.11 Å². The van der Waals surface area contributed by atoms with Crippen LogP contribution in [0.2, 0.25) is 0 Å². The van der Waals surface area contributed by atoms with Gasteiger partial charge < -0.3 is 10.1 Å². The van der Waals surface area contributed by atoms with Crippen molar-refractivity contribution < 1.29 is 27.5 Å². The summed E-state index contributed by atoms with van der Waals surface area (Å²) in [6, 6.07) is 3.08. The van der Waals surface area contributed by atoms with Gasteiger partial charge in [0.15, 0.2) is 0 Å². The molecule has 0 unspecified atom stereocenters. The number of hydrogen-bond donors (Lipinski definition) is 1. The van der Waals surface area contributed by atoms with Gasteiger partial charge in [0.05, 0.1) is 12.7 Å². The van der Waals surface area contributed by atoms with Gasteiger partial charge in [-0.05, 0) is 24.1 Å². The first kappa shape index (κ1) is 17.0. The Morgan fingerprint density at radius 1 is 1.24 bits per heavy atom. The van der Waals surface area contributed by atoms with Crippen LogP contribution in [0.3, 0.4) is 0 Å². The number of esters is 1. The van der Waals surface area contributed by atoms with Gasteiger partial charge in [0, 0.05) is 5.56 Å². The average molecular weight is 303 g/mol. The molecule has 0 heterocycles. The molecule has 7 heteroatoms. The van der Waals surface area contributed by atoms with E-state index in [1.54, 1.807) is 13.8 Å². The van der Waals surface area contributed by atoms with Crippen molar-refractivity contribution in [2.45, 2.75) is 26.1 Å². The third-order valence-corrected chi connectivity index (χ3v) is 2.86. The molecule has 1 aromatic carbocycles. The number of nitrogens with one attached hydrogen (secondary N) is 1. The Bertz CT molecular complexity index is 526. The average Bonchev–Trinajstić information content (AvgIpc) is 2.42. The molecule has 0 spiro atoms. The minimum Gasteiger partial charge on any atom is -0.467 e. The lowest BCUT2D eigenvalue weighted by Crippen LogP contribution is -2.45. The highest BCUT2D eigenvalue weighted by Crippen LogP contribution is 2.29. The molecule has 1 rings (SSSR count). The highest BCUT2D eigenvalue weighted by atomic mass is 19.4. The third-order valence-electron chi connectivity index (χ3n) is 2.86. The standard InChI is InChI=1S/C14H16F3NO3/c1-8(2)11(13(20)21-3)18-12(19)9-5-4-6-10(7-9)14(15,16)17/h4-8,11H,1-3H3,(H,18,19)/t11-/m1/s1. The Morgan fingerprint density at radius 2 is 1.86 bits per heavy atom. The fourth-order valence-electron chi connectivity index (χ4n) is 1.69. The zero-order valence-corrected chi connectivity index (χ0v) is 11.8. The SMILES string of the molecule is COC(=O)[C@H](NC(=O)c1cccc(C(F)(F)F)c1)C(C)C. The van der Waals surface area contributed by atoms with Crippen LogP contribution in [0.15, 0.2) is 24.3 Å². The largest absolute Gasteiger partial charge is 0.467 e. The van der Waals surface area contributed by atoms with E-state index in [-0.39, 0.29) is 11.5 Å². The Hall–Kier alpha value is -2.05. The first-order chi connectivity index (χ1) is 9.66. The number of methoxy groups -OCH3 is 1. The molecule has 1 N–H and O–H groups in total. The molecule has 4 nitrogen and oxygen atoms in total. The monoisotopic (exact) mass is 303 g/mol. The molecule has 0 saturated heterocycles. The highest BCUT2D eigenvalue weighted by Gasteiger charge is 2.31. The van der Waals surface area contributed by atoms with Gasteiger partial charge in [-0.15, -0.1) is 0 Å². The van der Waals surface area contributed by atoms with Crippen LogP contribution < -0.4 is 5.32 Å². The van der Waals surface area contributed by atoms with E-state index in [0.29, 0.717) is 0 Å². The van der Waals surface area contributed by atoms with Gasteiger partial charge in [-0.3, -0.25) is 4.79 Å². The molecule has 0 bridgehead atoms. The van der Waals surface area contributed by atoms with Crippen LogP contribution in [0.1, 0.15) is 29.8 Å². The predicted octanol–water partition coefficient (Wildman–Crippen LogP) is 2.63. The lowest BCUT2D eigenvalue weighted by Gasteiger charge is -2.20. The van der Waals surface area contributed by atoms with Crippen LogP contribution in [0.4, 0.5) is 13.2 Å². The second-order valence-electron chi connectivity index (χ2n) is 4.80. The minimum atomic E-state index is -4.53. The zero-order chi connectivity index (χ0) is 16.2. The Balaban J connectivity index is 2.96. The van der Waals surface area contributed by atoms with E-state index >= 15 is 0 Å². The molecule has 21 heavy (non-hydrogen) atoms. The number of carbonyl (C=O) groups is 2. The summed E-state index contributed by atoms with van der Waals surface area (Å²) in [7, 11) is 1.17. The summed E-state index contributed by atoms with van der Waals surface area (Å²) in [5.74, 6) is -1.66. The smallest absolute Gasteiger partial charge is 0.416 e. The molecule has 0 saturated carbocycles. The molecule has 116 valence electrons. The number of rotatable bonds is 4. The molecule has 0 aliphatic carbocycles. The van der Waals surface area contributed by atoms with E-state index < -0.39 is 29.7 Å². The van der Waals surface area contributed by atoms with Crippen LogP contribution in [-0.2, 0) is 15.7 Å². The molecule has 0 fully saturated rings. The topological polar surface area (TPSA) is 55.4 Å². The van der Waals surface area contributed by atoms with Crippen molar-refractivity contribution in [3.63, 3.8) is 0 Å². The first-order valence-corrected chi connectivity index (χ1v) is 6.22. The number of halogens is 3. The van der Waals surface area contributed by atoms with E-state index in [0.717, 1.165) is 18.2 Å². The number of hydrogen-bond acceptors (Lipinski definition) is 3. The van der Waals surface area contributed by atoms with E-state index in [9.17, 15) is 22.8 Å². The molecule has 1 amide bonds. The van der Waals surface area contributed by atoms with Gasteiger partial charge in [-0.2, -0.15) is 13.2 Å². The summed E-state index contributed by atoms with van der Waals surface area (Å²) in [5, 5.41) is 2.38. The Kier molecular flexibility index (Phi) is 5.34. The normalized spacial score (nSPS) is 12.9. The van der Waals surface area contributed by atoms with Crippen LogP contribution in [0.5, 0.6) is 0 Å². The fourth-order valence-corrected chi connectivity index (χ4v) is 1.69. The van der Waals surface area contributed by atoms with Crippen molar-refractivity contribution in [3.05, 3.63) is 35.4 Å². The van der Waals surface area contributed by atoms with Gasteiger partial charge in [0.25, 0.3) is 5.91 Å². The Morgan fingerprint density at radius 3 is 2.33 bits per heavy atom. The van der Waals surface area contributed by atoms with Gasteiger partial charge in [-0.1, -0.05) is 19.9 Å². The summed E-state index contributed by atoms with van der Waals surface area (Å²) in [5.41, 5.74) is -1.09. The molecule has 0 aliphatic rings. The molecule has 0 aliphatic heterocycles. The molecule has 1 aromatic rings. The lowest BCUT2D eigenvalue weighted by atomic mass is 10.0. The van der Waals surface area contributed by atoms with Gasteiger partial charge in [0.2, 0.25) is 0 Å². The second kappa shape index (κ2) is 6.60. The van der Waals surface area contributed by atoms with E-state index in [1.807, 2.05) is 0 Å². The molecular weight excluding hydrogens is 287 g/mol. The van der Waals surface area contributed by atoms with Crippen LogP contribution in [0, 0.1) is 5.92 Å². The van der Waals surface area contributed by atoms with Crippen LogP contribution in [-0.4, -0.2) is 25.0 Å². The number of alkyl halides is 3. The van der Waals surface area contributed by atoms with Crippen LogP contribution >= 0.6 is 0 Å². The summed E-state index contributed by atoms with van der Waals surface area (Å²) in [6.45, 7) is 3.38. The van der Waals surface area contributed by atoms with E-state index in [1.165, 1.54) is 13.2 Å². The van der Waals surface area contributed by atoms with Crippen molar-refractivity contribution in [1.29, 1.82) is 0 Å². The number of carbonyl (C=O) groups excluding carboxylic acids is 2. The highest BCUT2D eigenvalue weighted by molar-refractivity contribution is 5.97. The zero-order valence-electron chi connectivity index (χ0n) is 11.8. The molecular formula is C14H16F3NO3. The van der Waals surface area contributed by atoms with E-state index in [2.05, 4.69) is 10.1 Å².